The molecule has 3 nitrogen and oxygen atoms in total. The fraction of sp³-hybridized carbons (Fsp3) is 0.800. The van der Waals surface area contributed by atoms with E-state index in [2.05, 4.69) is 34.4 Å². The highest BCUT2D eigenvalue weighted by Gasteiger charge is 2.37. The van der Waals surface area contributed by atoms with Crippen LogP contribution in [-0.2, 0) is 6.54 Å². The van der Waals surface area contributed by atoms with Crippen LogP contribution in [0.15, 0.2) is 11.6 Å². The zero-order valence-corrected chi connectivity index (χ0v) is 12.8. The van der Waals surface area contributed by atoms with Gasteiger partial charge in [-0.3, -0.25) is 4.90 Å². The molecule has 1 saturated heterocycles. The Morgan fingerprint density at radius 2 is 2.32 bits per heavy atom. The van der Waals surface area contributed by atoms with Gasteiger partial charge in [-0.2, -0.15) is 0 Å². The van der Waals surface area contributed by atoms with Crippen LogP contribution < -0.4 is 5.32 Å². The van der Waals surface area contributed by atoms with Gasteiger partial charge in [-0.25, -0.2) is 4.98 Å². The molecule has 0 radical (unpaired) electrons. The Labute approximate surface area is 120 Å². The first-order valence-corrected chi connectivity index (χ1v) is 8.46. The van der Waals surface area contributed by atoms with Gasteiger partial charge in [0, 0.05) is 36.8 Å². The summed E-state index contributed by atoms with van der Waals surface area (Å²) in [4.78, 5) is 7.14. The lowest BCUT2D eigenvalue weighted by molar-refractivity contribution is 0.0998. The highest BCUT2D eigenvalue weighted by atomic mass is 32.1. The molecule has 106 valence electrons. The third-order valence-electron chi connectivity index (χ3n) is 4.32. The van der Waals surface area contributed by atoms with E-state index >= 15 is 0 Å². The molecule has 0 aromatic carbocycles. The molecule has 1 aromatic rings. The predicted molar refractivity (Wildman–Crippen MR) is 80.3 cm³/mol. The molecule has 1 N–H and O–H groups in total. The topological polar surface area (TPSA) is 28.2 Å². The largest absolute Gasteiger partial charge is 0.311 e. The second-order valence-corrected chi connectivity index (χ2v) is 7.47. The van der Waals surface area contributed by atoms with Crippen molar-refractivity contribution in [1.29, 1.82) is 0 Å². The van der Waals surface area contributed by atoms with Crippen LogP contribution in [-0.4, -0.2) is 35.1 Å². The van der Waals surface area contributed by atoms with Crippen LogP contribution in [0.25, 0.3) is 0 Å². The zero-order chi connectivity index (χ0) is 13.2. The summed E-state index contributed by atoms with van der Waals surface area (Å²) in [6.07, 6.45) is 6.07. The average Bonchev–Trinajstić information content (AvgIpc) is 3.10. The molecule has 2 heterocycles. The van der Waals surface area contributed by atoms with Crippen molar-refractivity contribution in [2.45, 2.75) is 51.7 Å². The maximum absolute atomic E-state index is 4.47. The molecule has 1 saturated carbocycles. The number of nitrogens with one attached hydrogen (secondary N) is 1. The van der Waals surface area contributed by atoms with E-state index in [1.807, 2.05) is 6.20 Å². The SMILES string of the molecule is CC(C)CC1CNC(C2CC2)CN1Cc1nccs1. The van der Waals surface area contributed by atoms with E-state index in [-0.39, 0.29) is 0 Å². The van der Waals surface area contributed by atoms with E-state index in [0.29, 0.717) is 6.04 Å². The molecule has 1 aliphatic carbocycles. The van der Waals surface area contributed by atoms with Crippen LogP contribution in [0.3, 0.4) is 0 Å². The Bertz CT molecular complexity index is 386. The van der Waals surface area contributed by atoms with Gasteiger partial charge in [0.05, 0.1) is 6.54 Å². The second kappa shape index (κ2) is 5.90. The van der Waals surface area contributed by atoms with E-state index in [4.69, 9.17) is 0 Å². The number of hydrogen-bond donors (Lipinski definition) is 1. The quantitative estimate of drug-likeness (QED) is 0.898. The summed E-state index contributed by atoms with van der Waals surface area (Å²) in [6, 6.07) is 1.40. The highest BCUT2D eigenvalue weighted by molar-refractivity contribution is 7.09. The molecule has 2 aliphatic rings. The molecule has 4 heteroatoms. The fourth-order valence-corrected chi connectivity index (χ4v) is 3.81. The van der Waals surface area contributed by atoms with Crippen molar-refractivity contribution in [2.75, 3.05) is 13.1 Å². The van der Waals surface area contributed by atoms with Gasteiger partial charge >= 0.3 is 0 Å². The van der Waals surface area contributed by atoms with Gasteiger partial charge in [0.25, 0.3) is 0 Å². The van der Waals surface area contributed by atoms with E-state index < -0.39 is 0 Å². The number of rotatable bonds is 5. The maximum atomic E-state index is 4.47. The third-order valence-corrected chi connectivity index (χ3v) is 5.08. The minimum Gasteiger partial charge on any atom is -0.311 e. The molecule has 2 fully saturated rings. The molecule has 0 bridgehead atoms. The van der Waals surface area contributed by atoms with Crippen LogP contribution in [0.5, 0.6) is 0 Å². The minimum atomic E-state index is 0.680. The van der Waals surface area contributed by atoms with Gasteiger partial charge in [0.1, 0.15) is 5.01 Å². The van der Waals surface area contributed by atoms with Gasteiger partial charge in [-0.05, 0) is 31.1 Å². The number of piperazine rings is 1. The second-order valence-electron chi connectivity index (χ2n) is 6.49. The van der Waals surface area contributed by atoms with Crippen molar-refractivity contribution in [3.05, 3.63) is 16.6 Å². The number of nitrogens with zero attached hydrogens (tertiary/aromatic N) is 2. The van der Waals surface area contributed by atoms with Gasteiger partial charge in [0.2, 0.25) is 0 Å². The van der Waals surface area contributed by atoms with Crippen molar-refractivity contribution in [3.8, 4) is 0 Å². The van der Waals surface area contributed by atoms with Crippen molar-refractivity contribution in [3.63, 3.8) is 0 Å². The highest BCUT2D eigenvalue weighted by Crippen LogP contribution is 2.35. The molecule has 1 aliphatic heterocycles. The molecule has 19 heavy (non-hydrogen) atoms. The van der Waals surface area contributed by atoms with Crippen LogP contribution in [0.1, 0.15) is 38.1 Å². The van der Waals surface area contributed by atoms with Crippen LogP contribution in [0, 0.1) is 11.8 Å². The first kappa shape index (κ1) is 13.5. The van der Waals surface area contributed by atoms with Crippen molar-refractivity contribution in [2.24, 2.45) is 11.8 Å². The molecule has 0 amide bonds. The smallest absolute Gasteiger partial charge is 0.107 e. The Morgan fingerprint density at radius 1 is 1.47 bits per heavy atom. The third kappa shape index (κ3) is 3.56. The van der Waals surface area contributed by atoms with Gasteiger partial charge < -0.3 is 5.32 Å². The zero-order valence-electron chi connectivity index (χ0n) is 12.0. The lowest BCUT2D eigenvalue weighted by Gasteiger charge is -2.41. The maximum Gasteiger partial charge on any atom is 0.107 e. The Hall–Kier alpha value is -0.450. The van der Waals surface area contributed by atoms with Gasteiger partial charge in [0.15, 0.2) is 0 Å². The number of hydrogen-bond acceptors (Lipinski definition) is 4. The summed E-state index contributed by atoms with van der Waals surface area (Å²) < 4.78 is 0. The molecule has 2 atom stereocenters. The lowest BCUT2D eigenvalue weighted by Crippen LogP contribution is -2.57. The number of thiazole rings is 1. The number of aromatic nitrogens is 1. The Balaban J connectivity index is 1.65. The molecular formula is C15H25N3S. The molecule has 3 rings (SSSR count). The molecule has 0 spiro atoms. The van der Waals surface area contributed by atoms with Crippen LogP contribution in [0.2, 0.25) is 0 Å². The minimum absolute atomic E-state index is 0.680. The molecule has 1 aromatic heterocycles. The van der Waals surface area contributed by atoms with Crippen LogP contribution >= 0.6 is 11.3 Å². The van der Waals surface area contributed by atoms with Crippen molar-refractivity contribution in [1.82, 2.24) is 15.2 Å². The lowest BCUT2D eigenvalue weighted by atomic mass is 9.98. The summed E-state index contributed by atoms with van der Waals surface area (Å²) in [5, 5.41) is 7.15. The standard InChI is InChI=1S/C15H25N3S/c1-11(2)7-13-8-17-14(12-3-4-12)9-18(13)10-15-16-5-6-19-15/h5-6,11-14,17H,3-4,7-10H2,1-2H3. The summed E-state index contributed by atoms with van der Waals surface area (Å²) in [5.74, 6) is 1.71. The normalized spacial score (nSPS) is 29.0. The fourth-order valence-electron chi connectivity index (χ4n) is 3.17. The summed E-state index contributed by atoms with van der Waals surface area (Å²) in [7, 11) is 0. The summed E-state index contributed by atoms with van der Waals surface area (Å²) in [5.41, 5.74) is 0. The Kier molecular flexibility index (Phi) is 4.20. The molecule has 2 unspecified atom stereocenters. The van der Waals surface area contributed by atoms with Gasteiger partial charge in [-0.1, -0.05) is 13.8 Å². The average molecular weight is 279 g/mol. The van der Waals surface area contributed by atoms with Crippen molar-refractivity contribution >= 4 is 11.3 Å². The molecular weight excluding hydrogens is 254 g/mol. The van der Waals surface area contributed by atoms with E-state index in [9.17, 15) is 0 Å². The van der Waals surface area contributed by atoms with E-state index in [0.717, 1.165) is 31.0 Å². The van der Waals surface area contributed by atoms with Crippen LogP contribution in [0.4, 0.5) is 0 Å². The summed E-state index contributed by atoms with van der Waals surface area (Å²) >= 11 is 1.79. The van der Waals surface area contributed by atoms with E-state index in [1.165, 1.54) is 30.8 Å². The van der Waals surface area contributed by atoms with Gasteiger partial charge in [-0.15, -0.1) is 11.3 Å². The Morgan fingerprint density at radius 3 is 2.95 bits per heavy atom. The first-order valence-electron chi connectivity index (χ1n) is 7.58. The van der Waals surface area contributed by atoms with Crippen molar-refractivity contribution < 1.29 is 0 Å². The summed E-state index contributed by atoms with van der Waals surface area (Å²) in [6.45, 7) is 8.06. The predicted octanol–water partition coefficient (Wildman–Crippen LogP) is 2.74. The first-order chi connectivity index (χ1) is 9.22. The van der Waals surface area contributed by atoms with E-state index in [1.54, 1.807) is 11.3 Å². The monoisotopic (exact) mass is 279 g/mol.